The summed E-state index contributed by atoms with van der Waals surface area (Å²) in [5.41, 5.74) is 4.98. The van der Waals surface area contributed by atoms with E-state index in [0.29, 0.717) is 123 Å². The van der Waals surface area contributed by atoms with Crippen molar-refractivity contribution < 1.29 is 42.8 Å². The smallest absolute Gasteiger partial charge is 0.260 e. The predicted molar refractivity (Wildman–Crippen MR) is 333 cm³/mol. The topological polar surface area (TPSA) is 252 Å². The number of hydrogen-bond acceptors (Lipinski definition) is 19. The van der Waals surface area contributed by atoms with Gasteiger partial charge >= 0.3 is 0 Å². The number of halogens is 3. The molecule has 27 heteroatoms. The molecule has 23 nitrogen and oxygen atoms in total. The maximum absolute atomic E-state index is 14.3. The quantitative estimate of drug-likeness (QED) is 0.0263. The number of rotatable bonds is 32. The van der Waals surface area contributed by atoms with Gasteiger partial charge in [-0.2, -0.15) is 4.98 Å². The second-order valence-corrected chi connectivity index (χ2v) is 22.8. The first-order valence-electron chi connectivity index (χ1n) is 28.4. The fourth-order valence-electron chi connectivity index (χ4n) is 9.91. The van der Waals surface area contributed by atoms with Crippen molar-refractivity contribution in [3.05, 3.63) is 113 Å². The molecule has 0 spiro atoms. The molecular formula is C59H74Cl3N13O10S. The highest BCUT2D eigenvalue weighted by atomic mass is 35.5. The summed E-state index contributed by atoms with van der Waals surface area (Å²) in [6.07, 6.45) is 2.55. The number of ether oxygens (including phenoxy) is 6. The van der Waals surface area contributed by atoms with E-state index in [4.69, 9.17) is 68.2 Å². The maximum atomic E-state index is 14.3. The zero-order valence-corrected chi connectivity index (χ0v) is 52.4. The Balaban J connectivity index is 0.628. The van der Waals surface area contributed by atoms with Crippen molar-refractivity contribution in [1.82, 2.24) is 55.0 Å². The summed E-state index contributed by atoms with van der Waals surface area (Å²) in [5, 5.41) is 23.0. The van der Waals surface area contributed by atoms with E-state index in [2.05, 4.69) is 71.7 Å². The summed E-state index contributed by atoms with van der Waals surface area (Å²) in [4.78, 5) is 72.6. The van der Waals surface area contributed by atoms with Crippen molar-refractivity contribution in [3.63, 3.8) is 0 Å². The SMILES string of the molecule is C=C(CN1CCN(CCCn2c(=O)c(-c3c(Cl)c(OC)cc(OC)c3Cl)cc3cnc(NC)nc32)CC1)C(=O)NCCNC(=O)CCOCCOCCOCCOCCNC(=O)CC1N=C(c2ccc(Cl)cc2)c2c(sc(C)c2C)-n2c(C)nnc21. The molecule has 462 valence electrons. The highest BCUT2D eigenvalue weighted by Gasteiger charge is 2.33. The minimum atomic E-state index is -0.563. The number of methoxy groups -OCH3 is 2. The second-order valence-electron chi connectivity index (χ2n) is 20.4. The zero-order valence-electron chi connectivity index (χ0n) is 49.3. The Hall–Kier alpha value is -6.58. The van der Waals surface area contributed by atoms with Crippen LogP contribution in [-0.2, 0) is 39.9 Å². The van der Waals surface area contributed by atoms with Gasteiger partial charge in [-0.05, 0) is 57.5 Å². The van der Waals surface area contributed by atoms with Crippen LogP contribution < -0.4 is 36.3 Å². The van der Waals surface area contributed by atoms with Crippen molar-refractivity contribution in [1.29, 1.82) is 0 Å². The van der Waals surface area contributed by atoms with Gasteiger partial charge in [0.05, 0.1) is 94.8 Å². The molecule has 86 heavy (non-hydrogen) atoms. The van der Waals surface area contributed by atoms with E-state index in [-0.39, 0.29) is 71.4 Å². The molecule has 1 saturated heterocycles. The maximum Gasteiger partial charge on any atom is 0.260 e. The number of thiophene rings is 1. The molecule has 0 saturated carbocycles. The van der Waals surface area contributed by atoms with Gasteiger partial charge in [-0.3, -0.25) is 38.2 Å². The van der Waals surface area contributed by atoms with E-state index in [1.54, 1.807) is 41.3 Å². The van der Waals surface area contributed by atoms with E-state index >= 15 is 0 Å². The summed E-state index contributed by atoms with van der Waals surface area (Å²) in [5.74, 6) is 1.71. The number of piperazine rings is 1. The van der Waals surface area contributed by atoms with Crippen LogP contribution in [0.15, 0.2) is 64.5 Å². The Morgan fingerprint density at radius 2 is 1.38 bits per heavy atom. The van der Waals surface area contributed by atoms with Gasteiger partial charge in [-0.1, -0.05) is 53.5 Å². The highest BCUT2D eigenvalue weighted by molar-refractivity contribution is 7.15. The van der Waals surface area contributed by atoms with Crippen molar-refractivity contribution in [2.75, 3.05) is 138 Å². The standard InChI is InChI=1S/C59H74Cl3N13O10S/c1-36(35-73-21-19-72(20-22-73)17-8-18-74-54-41(34-67-59(63-5)69-54)31-43(57(74)79)50-51(61)45(80-6)33-46(81-7)52(50)62)56(78)66-15-14-64-47(76)13-23-82-25-27-84-29-30-85-28-26-83-24-16-65-48(77)32-44-55-71-70-39(4)75(55)58-49(37(2)38(3)86-58)53(68-44)40-9-11-42(60)12-10-40/h9-12,31,33-34,44H,1,8,13-30,32,35H2,2-7H3,(H,64,76)(H,65,77)(H,66,78)(H,63,67,69). The number of carbonyl (C=O) groups excluding carboxylic acids is 3. The Labute approximate surface area is 518 Å². The number of carbonyl (C=O) groups is 3. The van der Waals surface area contributed by atoms with Gasteiger partial charge in [0.25, 0.3) is 5.56 Å². The van der Waals surface area contributed by atoms with Gasteiger partial charge in [0.15, 0.2) is 5.82 Å². The molecule has 4 N–H and O–H groups in total. The Kier molecular flexibility index (Phi) is 24.2. The lowest BCUT2D eigenvalue weighted by atomic mass is 9.99. The van der Waals surface area contributed by atoms with Gasteiger partial charge in [0.1, 0.15) is 34.0 Å². The number of pyridine rings is 1. The van der Waals surface area contributed by atoms with Crippen molar-refractivity contribution in [2.45, 2.75) is 52.6 Å². The lowest BCUT2D eigenvalue weighted by Gasteiger charge is -2.34. The predicted octanol–water partition coefficient (Wildman–Crippen LogP) is 6.40. The molecule has 1 fully saturated rings. The van der Waals surface area contributed by atoms with E-state index in [0.717, 1.165) is 66.0 Å². The fraction of sp³-hybridized carbons (Fsp3) is 0.475. The van der Waals surface area contributed by atoms with Crippen LogP contribution in [0, 0.1) is 20.8 Å². The lowest BCUT2D eigenvalue weighted by molar-refractivity contribution is -0.123. The molecule has 0 bridgehead atoms. The number of amides is 3. The van der Waals surface area contributed by atoms with E-state index in [1.807, 2.05) is 35.8 Å². The second kappa shape index (κ2) is 31.9. The van der Waals surface area contributed by atoms with Gasteiger partial charge in [0.2, 0.25) is 23.7 Å². The Morgan fingerprint density at radius 3 is 2.05 bits per heavy atom. The average molecular weight is 1260 g/mol. The number of hydrogen-bond donors (Lipinski definition) is 4. The van der Waals surface area contributed by atoms with Crippen LogP contribution in [-0.4, -0.2) is 196 Å². The molecule has 2 aliphatic rings. The average Bonchev–Trinajstić information content (AvgIpc) is 1.84. The fourth-order valence-corrected chi connectivity index (χ4v) is 12.0. The molecule has 6 aromatic rings. The van der Waals surface area contributed by atoms with Crippen LogP contribution in [0.25, 0.3) is 27.2 Å². The molecule has 2 aliphatic heterocycles. The molecule has 0 aliphatic carbocycles. The number of aliphatic imine (C=N–C) groups is 1. The lowest BCUT2D eigenvalue weighted by Crippen LogP contribution is -2.48. The van der Waals surface area contributed by atoms with Crippen LogP contribution in [0.2, 0.25) is 15.1 Å². The molecule has 1 unspecified atom stereocenters. The summed E-state index contributed by atoms with van der Waals surface area (Å²) >= 11 is 21.4. The minimum Gasteiger partial charge on any atom is -0.495 e. The summed E-state index contributed by atoms with van der Waals surface area (Å²) in [6, 6.07) is 10.3. The highest BCUT2D eigenvalue weighted by Crippen LogP contribution is 2.46. The Bertz CT molecular complexity index is 3410. The third kappa shape index (κ3) is 16.7. The summed E-state index contributed by atoms with van der Waals surface area (Å²) < 4.78 is 37.0. The molecule has 6 heterocycles. The number of aryl methyl sites for hydroxylation is 3. The summed E-state index contributed by atoms with van der Waals surface area (Å²) in [7, 11) is 4.67. The number of aromatic nitrogens is 6. The van der Waals surface area contributed by atoms with Crippen LogP contribution in [0.1, 0.15) is 58.5 Å². The first-order chi connectivity index (χ1) is 41.6. The first kappa shape index (κ1) is 65.4. The molecular weight excluding hydrogens is 1190 g/mol. The third-order valence-electron chi connectivity index (χ3n) is 14.6. The normalized spacial score (nSPS) is 14.3. The molecule has 0 radical (unpaired) electrons. The van der Waals surface area contributed by atoms with Gasteiger partial charge < -0.3 is 54.6 Å². The molecule has 8 rings (SSSR count). The van der Waals surface area contributed by atoms with Crippen LogP contribution in [0.4, 0.5) is 5.95 Å². The van der Waals surface area contributed by atoms with Gasteiger partial charge in [0, 0.05) is 122 Å². The first-order valence-corrected chi connectivity index (χ1v) is 30.4. The zero-order chi connectivity index (χ0) is 61.3. The monoisotopic (exact) mass is 1260 g/mol. The van der Waals surface area contributed by atoms with Crippen molar-refractivity contribution in [2.24, 2.45) is 4.99 Å². The van der Waals surface area contributed by atoms with Crippen LogP contribution >= 0.6 is 46.1 Å². The van der Waals surface area contributed by atoms with Crippen LogP contribution in [0.3, 0.4) is 0 Å². The Morgan fingerprint density at radius 1 is 0.756 bits per heavy atom. The number of fused-ring (bicyclic) bond motifs is 4. The number of anilines is 1. The number of nitrogens with zero attached hydrogens (tertiary/aromatic N) is 9. The molecule has 2 aromatic carbocycles. The van der Waals surface area contributed by atoms with E-state index in [9.17, 15) is 19.2 Å². The largest absolute Gasteiger partial charge is 0.495 e. The molecule has 3 amide bonds. The van der Waals surface area contributed by atoms with E-state index in [1.165, 1.54) is 19.1 Å². The molecule has 4 aromatic heterocycles. The third-order valence-corrected chi connectivity index (χ3v) is 16.8. The number of nitrogens with one attached hydrogen (secondary N) is 4. The minimum absolute atomic E-state index is 0.0832. The molecule has 1 atom stereocenters. The summed E-state index contributed by atoms with van der Waals surface area (Å²) in [6.45, 7) is 18.1. The van der Waals surface area contributed by atoms with Crippen LogP contribution in [0.5, 0.6) is 11.5 Å². The van der Waals surface area contributed by atoms with Crippen molar-refractivity contribution >= 4 is 86.6 Å². The van der Waals surface area contributed by atoms with E-state index < -0.39 is 6.04 Å². The van der Waals surface area contributed by atoms with Crippen molar-refractivity contribution in [3.8, 4) is 27.6 Å². The van der Waals surface area contributed by atoms with Gasteiger partial charge in [-0.15, -0.1) is 21.5 Å². The van der Waals surface area contributed by atoms with Gasteiger partial charge in [-0.25, -0.2) is 4.98 Å². The number of benzene rings is 2.